The average Bonchev–Trinajstić information content (AvgIpc) is 2.96. The first-order valence-corrected chi connectivity index (χ1v) is 8.24. The van der Waals surface area contributed by atoms with E-state index in [1.807, 2.05) is 6.20 Å². The largest absolute Gasteiger partial charge is 0.445 e. The van der Waals surface area contributed by atoms with Crippen molar-refractivity contribution in [3.63, 3.8) is 0 Å². The first-order valence-electron chi connectivity index (χ1n) is 8.24. The molecule has 1 aromatic rings. The highest BCUT2D eigenvalue weighted by molar-refractivity contribution is 5.09. The van der Waals surface area contributed by atoms with Crippen LogP contribution in [0, 0.1) is 11.8 Å². The molecule has 3 nitrogen and oxygen atoms in total. The Morgan fingerprint density at radius 1 is 1.30 bits per heavy atom. The Bertz CT molecular complexity index is 397. The summed E-state index contributed by atoms with van der Waals surface area (Å²) in [5.41, 5.74) is 0. The number of nitrogens with one attached hydrogen (secondary N) is 1. The van der Waals surface area contributed by atoms with E-state index in [0.717, 1.165) is 30.5 Å². The van der Waals surface area contributed by atoms with E-state index in [1.165, 1.54) is 25.7 Å². The third-order valence-corrected chi connectivity index (χ3v) is 4.16. The lowest BCUT2D eigenvalue weighted by Gasteiger charge is -2.17. The highest BCUT2D eigenvalue weighted by Gasteiger charge is 2.30. The Morgan fingerprint density at radius 2 is 2.10 bits per heavy atom. The molecule has 1 fully saturated rings. The Kier molecular flexibility index (Phi) is 5.64. The summed E-state index contributed by atoms with van der Waals surface area (Å²) in [6.07, 6.45) is 7.97. The average molecular weight is 278 g/mol. The molecule has 1 aliphatic rings. The van der Waals surface area contributed by atoms with Crippen LogP contribution in [0.2, 0.25) is 0 Å². The smallest absolute Gasteiger partial charge is 0.194 e. The summed E-state index contributed by atoms with van der Waals surface area (Å²) in [6.45, 7) is 10.1. The van der Waals surface area contributed by atoms with Crippen LogP contribution >= 0.6 is 0 Å². The van der Waals surface area contributed by atoms with Crippen LogP contribution < -0.4 is 5.32 Å². The molecule has 0 radical (unpaired) electrons. The number of nitrogens with zero attached hydrogens (tertiary/aromatic N) is 1. The Balaban J connectivity index is 1.91. The normalized spacial score (nSPS) is 23.1. The van der Waals surface area contributed by atoms with Gasteiger partial charge in [-0.1, -0.05) is 40.5 Å². The van der Waals surface area contributed by atoms with Gasteiger partial charge in [-0.2, -0.15) is 0 Å². The minimum absolute atomic E-state index is 0.524. The second kappa shape index (κ2) is 7.26. The summed E-state index contributed by atoms with van der Waals surface area (Å²) in [4.78, 5) is 4.45. The number of aromatic nitrogens is 1. The molecule has 3 heteroatoms. The fourth-order valence-electron chi connectivity index (χ4n) is 3.10. The van der Waals surface area contributed by atoms with Gasteiger partial charge in [-0.3, -0.25) is 0 Å². The summed E-state index contributed by atoms with van der Waals surface area (Å²) in [5, 5.41) is 3.64. The number of hydrogen-bond donors (Lipinski definition) is 1. The lowest BCUT2D eigenvalue weighted by molar-refractivity contribution is 0.373. The van der Waals surface area contributed by atoms with E-state index in [2.05, 4.69) is 38.0 Å². The first-order chi connectivity index (χ1) is 9.56. The fraction of sp³-hybridized carbons (Fsp3) is 0.824. The minimum Gasteiger partial charge on any atom is -0.445 e. The van der Waals surface area contributed by atoms with Crippen molar-refractivity contribution in [1.29, 1.82) is 0 Å². The van der Waals surface area contributed by atoms with Gasteiger partial charge < -0.3 is 9.73 Å². The van der Waals surface area contributed by atoms with Gasteiger partial charge in [-0.05, 0) is 31.2 Å². The van der Waals surface area contributed by atoms with E-state index in [4.69, 9.17) is 4.42 Å². The fourth-order valence-corrected chi connectivity index (χ4v) is 3.10. The topological polar surface area (TPSA) is 38.1 Å². The van der Waals surface area contributed by atoms with Crippen molar-refractivity contribution >= 4 is 0 Å². The number of oxazole rings is 1. The van der Waals surface area contributed by atoms with Crippen molar-refractivity contribution in [2.75, 3.05) is 6.54 Å². The van der Waals surface area contributed by atoms with Gasteiger partial charge in [0.15, 0.2) is 5.89 Å². The second-order valence-corrected chi connectivity index (χ2v) is 7.03. The molecule has 1 aromatic heterocycles. The van der Waals surface area contributed by atoms with Gasteiger partial charge in [0.05, 0.1) is 6.20 Å². The van der Waals surface area contributed by atoms with Gasteiger partial charge in [-0.15, -0.1) is 0 Å². The molecule has 1 aliphatic heterocycles. The van der Waals surface area contributed by atoms with E-state index in [0.29, 0.717) is 17.9 Å². The van der Waals surface area contributed by atoms with Crippen LogP contribution in [0.4, 0.5) is 0 Å². The molecule has 0 aromatic carbocycles. The quantitative estimate of drug-likeness (QED) is 0.814. The molecule has 20 heavy (non-hydrogen) atoms. The molecule has 114 valence electrons. The minimum atomic E-state index is 0.524. The molecule has 0 aliphatic carbocycles. The zero-order chi connectivity index (χ0) is 14.5. The molecule has 1 saturated heterocycles. The zero-order valence-corrected chi connectivity index (χ0v) is 13.5. The van der Waals surface area contributed by atoms with E-state index < -0.39 is 0 Å². The Labute approximate surface area is 123 Å². The molecular weight excluding hydrogens is 248 g/mol. The predicted octanol–water partition coefficient (Wildman–Crippen LogP) is 4.14. The first kappa shape index (κ1) is 15.6. The van der Waals surface area contributed by atoms with Crippen molar-refractivity contribution in [1.82, 2.24) is 10.3 Å². The Morgan fingerprint density at radius 3 is 2.80 bits per heavy atom. The lowest BCUT2D eigenvalue weighted by atomic mass is 9.93. The van der Waals surface area contributed by atoms with Crippen LogP contribution in [0.3, 0.4) is 0 Å². The molecule has 0 amide bonds. The van der Waals surface area contributed by atoms with E-state index in [-0.39, 0.29) is 0 Å². The van der Waals surface area contributed by atoms with Crippen molar-refractivity contribution in [2.24, 2.45) is 11.8 Å². The van der Waals surface area contributed by atoms with E-state index in [1.54, 1.807) is 0 Å². The van der Waals surface area contributed by atoms with Crippen molar-refractivity contribution in [3.8, 4) is 0 Å². The van der Waals surface area contributed by atoms with Gasteiger partial charge >= 0.3 is 0 Å². The molecule has 2 unspecified atom stereocenters. The molecule has 2 heterocycles. The van der Waals surface area contributed by atoms with Crippen molar-refractivity contribution in [2.45, 2.75) is 71.8 Å². The Hall–Kier alpha value is -0.830. The molecular formula is C17H30N2O. The maximum Gasteiger partial charge on any atom is 0.194 e. The van der Waals surface area contributed by atoms with Crippen LogP contribution in [-0.4, -0.2) is 17.6 Å². The summed E-state index contributed by atoms with van der Waals surface area (Å²) < 4.78 is 5.98. The van der Waals surface area contributed by atoms with Crippen LogP contribution in [-0.2, 0) is 6.42 Å². The molecule has 0 bridgehead atoms. The third kappa shape index (κ3) is 4.34. The van der Waals surface area contributed by atoms with E-state index >= 15 is 0 Å². The highest BCUT2D eigenvalue weighted by atomic mass is 16.4. The predicted molar refractivity (Wildman–Crippen MR) is 82.9 cm³/mol. The lowest BCUT2D eigenvalue weighted by Crippen LogP contribution is -2.25. The number of rotatable bonds is 7. The number of hydrogen-bond acceptors (Lipinski definition) is 3. The van der Waals surface area contributed by atoms with Crippen molar-refractivity contribution in [3.05, 3.63) is 17.8 Å². The van der Waals surface area contributed by atoms with Crippen molar-refractivity contribution < 1.29 is 4.42 Å². The zero-order valence-electron chi connectivity index (χ0n) is 13.5. The second-order valence-electron chi connectivity index (χ2n) is 7.03. The van der Waals surface area contributed by atoms with Gasteiger partial charge in [0.1, 0.15) is 5.76 Å². The molecule has 1 N–H and O–H groups in total. The van der Waals surface area contributed by atoms with Crippen LogP contribution in [0.25, 0.3) is 0 Å². The van der Waals surface area contributed by atoms with Gasteiger partial charge in [-0.25, -0.2) is 4.98 Å². The maximum atomic E-state index is 5.98. The molecule has 0 saturated carbocycles. The van der Waals surface area contributed by atoms with Crippen LogP contribution in [0.15, 0.2) is 10.6 Å². The van der Waals surface area contributed by atoms with Gasteiger partial charge in [0, 0.05) is 18.4 Å². The van der Waals surface area contributed by atoms with E-state index in [9.17, 15) is 0 Å². The van der Waals surface area contributed by atoms with Crippen LogP contribution in [0.5, 0.6) is 0 Å². The summed E-state index contributed by atoms with van der Waals surface area (Å²) >= 11 is 0. The monoisotopic (exact) mass is 278 g/mol. The molecule has 2 atom stereocenters. The molecule has 2 rings (SSSR count). The standard InChI is InChI=1S/C17H30N2O/c1-12(2)6-5-7-15-14(8-9-18-15)16-11-19-17(20-16)10-13(3)4/h11-15,18H,5-10H2,1-4H3. The van der Waals surface area contributed by atoms with Gasteiger partial charge in [0.25, 0.3) is 0 Å². The molecule has 0 spiro atoms. The summed E-state index contributed by atoms with van der Waals surface area (Å²) in [6, 6.07) is 0.577. The van der Waals surface area contributed by atoms with Gasteiger partial charge in [0.2, 0.25) is 0 Å². The SMILES string of the molecule is CC(C)CCCC1NCCC1c1cnc(CC(C)C)o1. The highest BCUT2D eigenvalue weighted by Crippen LogP contribution is 2.31. The third-order valence-electron chi connectivity index (χ3n) is 4.16. The summed E-state index contributed by atoms with van der Waals surface area (Å²) in [5.74, 6) is 3.93. The summed E-state index contributed by atoms with van der Waals surface area (Å²) in [7, 11) is 0. The van der Waals surface area contributed by atoms with Crippen LogP contribution in [0.1, 0.15) is 70.9 Å². The maximum absolute atomic E-state index is 5.98.